The third-order valence-electron chi connectivity index (χ3n) is 4.79. The minimum atomic E-state index is 0.158. The molecule has 2 N–H and O–H groups in total. The van der Waals surface area contributed by atoms with E-state index in [2.05, 4.69) is 26.0 Å². The molecule has 0 spiro atoms. The van der Waals surface area contributed by atoms with Gasteiger partial charge in [0.2, 0.25) is 0 Å². The van der Waals surface area contributed by atoms with Crippen molar-refractivity contribution < 1.29 is 9.84 Å². The summed E-state index contributed by atoms with van der Waals surface area (Å²) in [5.74, 6) is 1.11. The molecule has 0 bridgehead atoms. The Morgan fingerprint density at radius 2 is 1.93 bits per heavy atom. The van der Waals surface area contributed by atoms with Crippen molar-refractivity contribution in [2.75, 3.05) is 18.1 Å². The molecule has 29 heavy (non-hydrogen) atoms. The summed E-state index contributed by atoms with van der Waals surface area (Å²) < 4.78 is 5.84. The van der Waals surface area contributed by atoms with E-state index in [4.69, 9.17) is 15.1 Å². The second-order valence-corrected chi connectivity index (χ2v) is 7.83. The number of hydrogen-bond acceptors (Lipinski definition) is 5. The van der Waals surface area contributed by atoms with Gasteiger partial charge in [-0.1, -0.05) is 48.9 Å². The van der Waals surface area contributed by atoms with Crippen molar-refractivity contribution in [3.63, 3.8) is 0 Å². The van der Waals surface area contributed by atoms with Crippen molar-refractivity contribution >= 4 is 28.4 Å². The van der Waals surface area contributed by atoms with E-state index in [1.165, 1.54) is 16.9 Å². The highest BCUT2D eigenvalue weighted by molar-refractivity contribution is 7.11. The quantitative estimate of drug-likeness (QED) is 0.554. The van der Waals surface area contributed by atoms with Gasteiger partial charge in [0, 0.05) is 10.9 Å². The largest absolute Gasteiger partial charge is 0.510 e. The Labute approximate surface area is 174 Å². The highest BCUT2D eigenvalue weighted by atomic mass is 32.1. The van der Waals surface area contributed by atoms with Crippen LogP contribution in [0.1, 0.15) is 23.9 Å². The molecule has 0 unspecified atom stereocenters. The van der Waals surface area contributed by atoms with E-state index in [0.717, 1.165) is 23.4 Å². The van der Waals surface area contributed by atoms with E-state index in [-0.39, 0.29) is 18.1 Å². The zero-order valence-corrected chi connectivity index (χ0v) is 17.3. The fourth-order valence-electron chi connectivity index (χ4n) is 3.27. The molecule has 4 rings (SSSR count). The van der Waals surface area contributed by atoms with Gasteiger partial charge in [0.05, 0.1) is 30.1 Å². The third-order valence-corrected chi connectivity index (χ3v) is 5.65. The number of ether oxygens (including phenoxy) is 1. The van der Waals surface area contributed by atoms with Gasteiger partial charge in [-0.25, -0.2) is 4.98 Å². The summed E-state index contributed by atoms with van der Waals surface area (Å²) in [4.78, 5) is 6.46. The summed E-state index contributed by atoms with van der Waals surface area (Å²) in [6.07, 6.45) is 0.904. The lowest BCUT2D eigenvalue weighted by atomic mass is 10.1. The number of thiazole rings is 1. The summed E-state index contributed by atoms with van der Waals surface area (Å²) in [7, 11) is 0. The Morgan fingerprint density at radius 1 is 1.17 bits per heavy atom. The lowest BCUT2D eigenvalue weighted by Gasteiger charge is -2.21. The summed E-state index contributed by atoms with van der Waals surface area (Å²) in [5.41, 5.74) is 4.34. The number of anilines is 1. The molecule has 5 nitrogen and oxygen atoms in total. The Morgan fingerprint density at radius 3 is 2.69 bits per heavy atom. The molecule has 0 radical (unpaired) electrons. The maximum Gasteiger partial charge on any atom is 0.142 e. The molecule has 1 aliphatic rings. The van der Waals surface area contributed by atoms with E-state index in [9.17, 15) is 5.11 Å². The smallest absolute Gasteiger partial charge is 0.142 e. The first-order valence-corrected chi connectivity index (χ1v) is 10.5. The molecule has 0 amide bonds. The van der Waals surface area contributed by atoms with Crippen LogP contribution in [0.5, 0.6) is 5.75 Å². The van der Waals surface area contributed by atoms with Crippen molar-refractivity contribution in [1.29, 1.82) is 5.41 Å². The number of aryl methyl sites for hydroxylation is 1. The van der Waals surface area contributed by atoms with Gasteiger partial charge in [-0.2, -0.15) is 0 Å². The van der Waals surface area contributed by atoms with Crippen LogP contribution in [0.25, 0.3) is 16.8 Å². The van der Waals surface area contributed by atoms with E-state index < -0.39 is 0 Å². The summed E-state index contributed by atoms with van der Waals surface area (Å²) >= 11 is 1.44. The number of nitrogens with one attached hydrogen (secondary N) is 1. The Balaban J connectivity index is 1.62. The molecule has 0 aliphatic carbocycles. The zero-order chi connectivity index (χ0) is 20.4. The van der Waals surface area contributed by atoms with Gasteiger partial charge >= 0.3 is 0 Å². The van der Waals surface area contributed by atoms with Crippen molar-refractivity contribution in [3.05, 3.63) is 70.2 Å². The van der Waals surface area contributed by atoms with E-state index in [0.29, 0.717) is 22.9 Å². The fraction of sp³-hybridized carbons (Fsp3) is 0.217. The zero-order valence-electron chi connectivity index (χ0n) is 16.5. The standard InChI is InChI=1S/C23H23N3O2S/c1-3-12-28-20-7-5-4-6-18(20)26-13-19(27)21(22(26)24)23-25-17(14-29-23)16-10-8-15(2)9-11-16/h4-11,14,24,27H,3,12-13H2,1-2H3. The molecular weight excluding hydrogens is 382 g/mol. The summed E-state index contributed by atoms with van der Waals surface area (Å²) in [5, 5.41) is 22.0. The van der Waals surface area contributed by atoms with Crippen LogP contribution in [0, 0.1) is 12.3 Å². The number of amidine groups is 1. The first kappa shape index (κ1) is 19.2. The Hall–Kier alpha value is -3.12. The molecule has 0 fully saturated rings. The number of rotatable bonds is 6. The van der Waals surface area contributed by atoms with Crippen LogP contribution in [0.2, 0.25) is 0 Å². The molecular formula is C23H23N3O2S. The predicted molar refractivity (Wildman–Crippen MR) is 119 cm³/mol. The molecule has 1 aromatic heterocycles. The molecule has 148 valence electrons. The minimum absolute atomic E-state index is 0.158. The lowest BCUT2D eigenvalue weighted by molar-refractivity contribution is 0.318. The van der Waals surface area contributed by atoms with E-state index in [1.54, 1.807) is 4.90 Å². The molecule has 0 atom stereocenters. The normalized spacial score (nSPS) is 14.0. The monoisotopic (exact) mass is 405 g/mol. The van der Waals surface area contributed by atoms with Gasteiger partial charge < -0.3 is 14.7 Å². The van der Waals surface area contributed by atoms with Gasteiger partial charge in [0.25, 0.3) is 0 Å². The Bertz CT molecular complexity index is 1070. The van der Waals surface area contributed by atoms with Gasteiger partial charge in [-0.05, 0) is 25.5 Å². The average molecular weight is 406 g/mol. The topological polar surface area (TPSA) is 69.4 Å². The van der Waals surface area contributed by atoms with Crippen LogP contribution < -0.4 is 9.64 Å². The lowest BCUT2D eigenvalue weighted by Crippen LogP contribution is -2.26. The molecule has 0 saturated carbocycles. The van der Waals surface area contributed by atoms with Gasteiger partial charge in [0.1, 0.15) is 22.4 Å². The molecule has 1 aliphatic heterocycles. The number of aliphatic hydroxyl groups excluding tert-OH is 1. The first-order chi connectivity index (χ1) is 14.1. The highest BCUT2D eigenvalue weighted by Gasteiger charge is 2.32. The molecule has 2 heterocycles. The van der Waals surface area contributed by atoms with E-state index in [1.807, 2.05) is 41.8 Å². The van der Waals surface area contributed by atoms with Crippen LogP contribution in [0.3, 0.4) is 0 Å². The highest BCUT2D eigenvalue weighted by Crippen LogP contribution is 2.37. The van der Waals surface area contributed by atoms with Crippen molar-refractivity contribution in [1.82, 2.24) is 4.98 Å². The fourth-order valence-corrected chi connectivity index (χ4v) is 4.17. The predicted octanol–water partition coefficient (Wildman–Crippen LogP) is 5.67. The van der Waals surface area contributed by atoms with Gasteiger partial charge in [-0.15, -0.1) is 11.3 Å². The Kier molecular flexibility index (Phi) is 5.36. The maximum atomic E-state index is 10.7. The molecule has 0 saturated heterocycles. The van der Waals surface area contributed by atoms with Crippen LogP contribution in [0.4, 0.5) is 5.69 Å². The molecule has 6 heteroatoms. The van der Waals surface area contributed by atoms with Crippen molar-refractivity contribution in [2.45, 2.75) is 20.3 Å². The number of aromatic nitrogens is 1. The molecule has 2 aromatic carbocycles. The molecule has 3 aromatic rings. The van der Waals surface area contributed by atoms with Crippen molar-refractivity contribution in [3.8, 4) is 17.0 Å². The summed E-state index contributed by atoms with van der Waals surface area (Å²) in [6.45, 7) is 4.95. The van der Waals surface area contributed by atoms with E-state index >= 15 is 0 Å². The summed E-state index contributed by atoms with van der Waals surface area (Å²) in [6, 6.07) is 15.8. The van der Waals surface area contributed by atoms with Gasteiger partial charge in [0.15, 0.2) is 0 Å². The number of benzene rings is 2. The van der Waals surface area contributed by atoms with Gasteiger partial charge in [-0.3, -0.25) is 5.41 Å². The number of nitrogens with zero attached hydrogens (tertiary/aromatic N) is 2. The third kappa shape index (κ3) is 3.76. The number of aliphatic hydroxyl groups is 1. The maximum absolute atomic E-state index is 10.7. The van der Waals surface area contributed by atoms with Crippen LogP contribution in [0.15, 0.2) is 59.7 Å². The number of para-hydroxylation sites is 2. The second kappa shape index (κ2) is 8.09. The van der Waals surface area contributed by atoms with Crippen molar-refractivity contribution in [2.24, 2.45) is 0 Å². The SMILES string of the molecule is CCCOc1ccccc1N1CC(O)=C(c2nc(-c3ccc(C)cc3)cs2)C1=N. The van der Waals surface area contributed by atoms with Crippen LogP contribution in [-0.2, 0) is 0 Å². The second-order valence-electron chi connectivity index (χ2n) is 6.98. The minimum Gasteiger partial charge on any atom is -0.510 e. The first-order valence-electron chi connectivity index (χ1n) is 9.61. The number of hydrogen-bond donors (Lipinski definition) is 2. The average Bonchev–Trinajstić information content (AvgIpc) is 3.31. The van der Waals surface area contributed by atoms with Crippen LogP contribution in [-0.4, -0.2) is 29.1 Å². The van der Waals surface area contributed by atoms with Crippen LogP contribution >= 0.6 is 11.3 Å².